The van der Waals surface area contributed by atoms with Crippen molar-refractivity contribution in [2.24, 2.45) is 56.2 Å². The molecule has 0 amide bonds. The lowest BCUT2D eigenvalue weighted by Crippen LogP contribution is -2.64. The van der Waals surface area contributed by atoms with Gasteiger partial charge in [-0.15, -0.1) is 0 Å². The fourth-order valence-corrected chi connectivity index (χ4v) is 13.0. The average Bonchev–Trinajstić information content (AvgIpc) is 3.62. The second-order valence-electron chi connectivity index (χ2n) is 18.6. The number of carboxylic acids is 1. The molecule has 6 heteroatoms. The van der Waals surface area contributed by atoms with Gasteiger partial charge in [0.2, 0.25) is 5.79 Å². The van der Waals surface area contributed by atoms with Crippen molar-refractivity contribution in [1.82, 2.24) is 0 Å². The molecule has 0 radical (unpaired) electrons. The minimum absolute atomic E-state index is 0.0408. The Bertz CT molecular complexity index is 1220. The summed E-state index contributed by atoms with van der Waals surface area (Å²) in [6.45, 7) is 19.2. The highest BCUT2D eigenvalue weighted by atomic mass is 16.8. The number of aliphatic hydroxyl groups is 2. The van der Waals surface area contributed by atoms with Gasteiger partial charge in [-0.3, -0.25) is 4.79 Å². The second kappa shape index (κ2) is 9.10. The lowest BCUT2D eigenvalue weighted by Gasteiger charge is -2.71. The van der Waals surface area contributed by atoms with Crippen molar-refractivity contribution < 1.29 is 29.6 Å². The van der Waals surface area contributed by atoms with E-state index in [1.54, 1.807) is 0 Å². The summed E-state index contributed by atoms with van der Waals surface area (Å²) in [7, 11) is 0. The zero-order valence-corrected chi connectivity index (χ0v) is 28.0. The Hall–Kier alpha value is -0.950. The summed E-state index contributed by atoms with van der Waals surface area (Å²) in [5, 5.41) is 32.2. The summed E-state index contributed by atoms with van der Waals surface area (Å²) >= 11 is 0. The van der Waals surface area contributed by atoms with Crippen molar-refractivity contribution in [2.45, 2.75) is 156 Å². The van der Waals surface area contributed by atoms with Gasteiger partial charge in [0.25, 0.3) is 0 Å². The first-order valence-corrected chi connectivity index (χ1v) is 17.5. The van der Waals surface area contributed by atoms with Gasteiger partial charge < -0.3 is 24.8 Å². The smallest absolute Gasteiger partial charge is 0.310 e. The molecule has 0 spiro atoms. The predicted octanol–water partition coefficient (Wildman–Crippen LogP) is 7.11. The monoisotopic (exact) mass is 598 g/mol. The molecule has 242 valence electrons. The molecule has 3 N–H and O–H groups in total. The molecule has 4 saturated carbocycles. The van der Waals surface area contributed by atoms with E-state index in [9.17, 15) is 20.1 Å². The van der Waals surface area contributed by atoms with E-state index in [0.717, 1.165) is 51.4 Å². The molecular weight excluding hydrogens is 540 g/mol. The Kier molecular flexibility index (Phi) is 6.50. The fourth-order valence-electron chi connectivity index (χ4n) is 13.0. The number of epoxide rings is 1. The Labute approximate surface area is 259 Å². The van der Waals surface area contributed by atoms with Crippen molar-refractivity contribution in [3.8, 4) is 0 Å². The third-order valence-electron chi connectivity index (χ3n) is 16.1. The SMILES string of the molecule is CC1O[C@@H](C[C@@H]2CC[C@@]3(C)C(CC[C@]4(C)C3CC=C3C5CC(C)(C)CC[C@]5(C(=O)O)CC[C@]34C)C2(C)C)C(O)C2O[C@]12O. The zero-order valence-electron chi connectivity index (χ0n) is 28.0. The van der Waals surface area contributed by atoms with Crippen molar-refractivity contribution in [3.05, 3.63) is 11.6 Å². The number of hydrogen-bond donors (Lipinski definition) is 3. The van der Waals surface area contributed by atoms with Crippen molar-refractivity contribution in [2.75, 3.05) is 0 Å². The van der Waals surface area contributed by atoms with Crippen LogP contribution >= 0.6 is 0 Å². The van der Waals surface area contributed by atoms with Crippen molar-refractivity contribution in [3.63, 3.8) is 0 Å². The molecule has 0 aromatic carbocycles. The van der Waals surface area contributed by atoms with Crippen LogP contribution in [0.25, 0.3) is 0 Å². The summed E-state index contributed by atoms with van der Waals surface area (Å²) in [6, 6.07) is 0. The van der Waals surface area contributed by atoms with E-state index in [2.05, 4.69) is 54.5 Å². The lowest BCUT2D eigenvalue weighted by atomic mass is 9.33. The minimum Gasteiger partial charge on any atom is -0.481 e. The first kappa shape index (κ1) is 30.7. The largest absolute Gasteiger partial charge is 0.481 e. The van der Waals surface area contributed by atoms with E-state index in [0.29, 0.717) is 17.8 Å². The van der Waals surface area contributed by atoms with E-state index >= 15 is 0 Å². The van der Waals surface area contributed by atoms with Gasteiger partial charge in [0.15, 0.2) is 0 Å². The number of aliphatic carboxylic acids is 1. The summed E-state index contributed by atoms with van der Waals surface area (Å²) < 4.78 is 11.7. The molecule has 6 nitrogen and oxygen atoms in total. The Morgan fingerprint density at radius 3 is 2.35 bits per heavy atom. The van der Waals surface area contributed by atoms with Crippen LogP contribution in [0.5, 0.6) is 0 Å². The molecule has 2 saturated heterocycles. The summed E-state index contributed by atoms with van der Waals surface area (Å²) in [5.74, 6) is -0.123. The quantitative estimate of drug-likeness (QED) is 0.236. The van der Waals surface area contributed by atoms with Gasteiger partial charge in [0.05, 0.1) is 11.5 Å². The predicted molar refractivity (Wildman–Crippen MR) is 165 cm³/mol. The Morgan fingerprint density at radius 1 is 0.953 bits per heavy atom. The van der Waals surface area contributed by atoms with Gasteiger partial charge in [-0.2, -0.15) is 0 Å². The number of fused-ring (bicyclic) bond motifs is 8. The number of hydrogen-bond acceptors (Lipinski definition) is 5. The molecule has 6 unspecified atom stereocenters. The maximum atomic E-state index is 13.0. The number of carboxylic acid groups (broad SMARTS) is 1. The van der Waals surface area contributed by atoms with Gasteiger partial charge >= 0.3 is 5.97 Å². The van der Waals surface area contributed by atoms with Gasteiger partial charge in [0, 0.05) is 0 Å². The number of ether oxygens (including phenoxy) is 2. The molecule has 7 aliphatic rings. The van der Waals surface area contributed by atoms with Gasteiger partial charge in [0.1, 0.15) is 18.3 Å². The second-order valence-corrected chi connectivity index (χ2v) is 18.6. The van der Waals surface area contributed by atoms with Gasteiger partial charge in [-0.25, -0.2) is 0 Å². The highest BCUT2D eigenvalue weighted by Gasteiger charge is 2.71. The van der Waals surface area contributed by atoms with E-state index < -0.39 is 35.5 Å². The summed E-state index contributed by atoms with van der Waals surface area (Å²) in [4.78, 5) is 13.0. The van der Waals surface area contributed by atoms with Gasteiger partial charge in [-0.1, -0.05) is 60.1 Å². The van der Waals surface area contributed by atoms with Crippen LogP contribution in [0.15, 0.2) is 11.6 Å². The molecule has 6 fully saturated rings. The molecule has 13 atom stereocenters. The van der Waals surface area contributed by atoms with E-state index in [1.165, 1.54) is 24.8 Å². The first-order valence-electron chi connectivity index (χ1n) is 17.5. The van der Waals surface area contributed by atoms with E-state index in [-0.39, 0.29) is 39.1 Å². The maximum Gasteiger partial charge on any atom is 0.310 e. The zero-order chi connectivity index (χ0) is 31.2. The van der Waals surface area contributed by atoms with Crippen LogP contribution in [0.4, 0.5) is 0 Å². The molecule has 5 aliphatic carbocycles. The Balaban J connectivity index is 1.18. The molecule has 0 bridgehead atoms. The number of allylic oxidation sites excluding steroid dienone is 2. The highest BCUT2D eigenvalue weighted by molar-refractivity contribution is 5.76. The Morgan fingerprint density at radius 2 is 1.65 bits per heavy atom. The molecule has 7 rings (SSSR count). The van der Waals surface area contributed by atoms with Crippen LogP contribution in [-0.2, 0) is 14.3 Å². The number of aliphatic hydroxyl groups excluding tert-OH is 1. The van der Waals surface area contributed by atoms with E-state index in [4.69, 9.17) is 9.47 Å². The van der Waals surface area contributed by atoms with Crippen LogP contribution < -0.4 is 0 Å². The third kappa shape index (κ3) is 3.88. The summed E-state index contributed by atoms with van der Waals surface area (Å²) in [6.07, 6.45) is 11.7. The normalized spacial score (nSPS) is 56.3. The molecule has 43 heavy (non-hydrogen) atoms. The van der Waals surface area contributed by atoms with Crippen LogP contribution in [0.3, 0.4) is 0 Å². The highest BCUT2D eigenvalue weighted by Crippen LogP contribution is 2.76. The van der Waals surface area contributed by atoms with Crippen LogP contribution in [0.1, 0.15) is 126 Å². The topological polar surface area (TPSA) is 99.5 Å². The van der Waals surface area contributed by atoms with Gasteiger partial charge in [-0.05, 0) is 128 Å². The standard InChI is InChI=1S/C37H58O6/c1-21-37(41)29(43-37)28(38)25(42-21)19-22-11-13-33(6)26(32(22,4)5)12-14-35(8)27(33)10-9-23-24-20-31(2,3)15-17-36(24,30(39)40)18-16-34(23,35)7/h9,21-22,24-29,38,41H,10-20H2,1-8H3,(H,39,40)/t21?,22-,24?,25-,26?,27?,28?,29?,33-,34+,35+,36-,37+/m0/s1. The fraction of sp³-hybridized carbons (Fsp3) is 0.919. The average molecular weight is 599 g/mol. The van der Waals surface area contributed by atoms with Crippen LogP contribution in [0.2, 0.25) is 0 Å². The van der Waals surface area contributed by atoms with Crippen molar-refractivity contribution in [1.29, 1.82) is 0 Å². The van der Waals surface area contributed by atoms with Crippen LogP contribution in [0, 0.1) is 56.2 Å². The molecule has 2 heterocycles. The molecule has 0 aromatic rings. The van der Waals surface area contributed by atoms with Crippen molar-refractivity contribution >= 4 is 5.97 Å². The van der Waals surface area contributed by atoms with E-state index in [1.807, 2.05) is 6.92 Å². The lowest BCUT2D eigenvalue weighted by molar-refractivity contribution is -0.207. The summed E-state index contributed by atoms with van der Waals surface area (Å²) in [5.41, 5.74) is 1.61. The number of carbonyl (C=O) groups is 1. The maximum absolute atomic E-state index is 13.0. The van der Waals surface area contributed by atoms with Crippen LogP contribution in [-0.4, -0.2) is 51.5 Å². The molecule has 2 aliphatic heterocycles. The number of rotatable bonds is 3. The molecule has 0 aromatic heterocycles. The molecular formula is C37H58O6. The minimum atomic E-state index is -1.31. The first-order chi connectivity index (χ1) is 19.9. The third-order valence-corrected chi connectivity index (χ3v) is 16.1.